The number of halogens is 3. The number of aryl methyl sites for hydroxylation is 1. The van der Waals surface area contributed by atoms with Gasteiger partial charge in [0.15, 0.2) is 11.6 Å². The molecule has 8 heteroatoms. The third-order valence-corrected chi connectivity index (χ3v) is 5.07. The molecule has 1 aliphatic rings. The number of piperidine rings is 1. The molecule has 0 radical (unpaired) electrons. The number of rotatable bonds is 3. The van der Waals surface area contributed by atoms with E-state index in [-0.39, 0.29) is 12.5 Å². The summed E-state index contributed by atoms with van der Waals surface area (Å²) >= 11 is 0. The molecule has 1 unspecified atom stereocenters. The maximum absolute atomic E-state index is 14.0. The van der Waals surface area contributed by atoms with Crippen molar-refractivity contribution in [3.05, 3.63) is 70.9 Å². The number of carbonyl (C=O) groups is 1. The summed E-state index contributed by atoms with van der Waals surface area (Å²) < 4.78 is 46.8. The predicted octanol–water partition coefficient (Wildman–Crippen LogP) is 4.48. The van der Waals surface area contributed by atoms with E-state index in [9.17, 15) is 18.0 Å². The fourth-order valence-corrected chi connectivity index (χ4v) is 3.47. The molecule has 0 saturated carbocycles. The molecule has 1 aromatic heterocycles. The summed E-state index contributed by atoms with van der Waals surface area (Å²) in [6.45, 7) is 2.44. The summed E-state index contributed by atoms with van der Waals surface area (Å²) in [4.78, 5) is 18.4. The van der Waals surface area contributed by atoms with Gasteiger partial charge in [-0.15, -0.1) is 0 Å². The third kappa shape index (κ3) is 3.74. The van der Waals surface area contributed by atoms with E-state index in [1.807, 2.05) is 31.2 Å². The van der Waals surface area contributed by atoms with E-state index < -0.39 is 28.9 Å². The van der Waals surface area contributed by atoms with E-state index in [1.165, 1.54) is 4.90 Å². The van der Waals surface area contributed by atoms with Gasteiger partial charge >= 0.3 is 0 Å². The summed E-state index contributed by atoms with van der Waals surface area (Å²) in [5, 5.41) is 4.00. The lowest BCUT2D eigenvalue weighted by atomic mass is 9.97. The molecule has 1 aliphatic heterocycles. The Kier molecular flexibility index (Phi) is 5.08. The van der Waals surface area contributed by atoms with Crippen molar-refractivity contribution < 1.29 is 22.5 Å². The van der Waals surface area contributed by atoms with Crippen LogP contribution in [0.25, 0.3) is 11.4 Å². The number of likely N-dealkylation sites (tertiary alicyclic amines) is 1. The van der Waals surface area contributed by atoms with Gasteiger partial charge in [0.1, 0.15) is 11.4 Å². The van der Waals surface area contributed by atoms with Crippen molar-refractivity contribution in [2.24, 2.45) is 0 Å². The van der Waals surface area contributed by atoms with Crippen LogP contribution in [0, 0.1) is 24.4 Å². The van der Waals surface area contributed by atoms with Crippen LogP contribution in [-0.4, -0.2) is 34.0 Å². The van der Waals surface area contributed by atoms with Crippen LogP contribution in [0.5, 0.6) is 0 Å². The first-order valence-corrected chi connectivity index (χ1v) is 9.27. The highest BCUT2D eigenvalue weighted by atomic mass is 19.2. The zero-order valence-corrected chi connectivity index (χ0v) is 15.7. The Morgan fingerprint density at radius 3 is 2.59 bits per heavy atom. The maximum Gasteiger partial charge on any atom is 0.259 e. The Morgan fingerprint density at radius 1 is 1.10 bits per heavy atom. The van der Waals surface area contributed by atoms with E-state index in [4.69, 9.17) is 4.52 Å². The van der Waals surface area contributed by atoms with Crippen molar-refractivity contribution >= 4 is 5.91 Å². The molecule has 4 rings (SSSR count). The number of hydrogen-bond acceptors (Lipinski definition) is 4. The van der Waals surface area contributed by atoms with Gasteiger partial charge in [0, 0.05) is 18.7 Å². The van der Waals surface area contributed by atoms with Crippen LogP contribution in [0.2, 0.25) is 0 Å². The largest absolute Gasteiger partial charge is 0.339 e. The summed E-state index contributed by atoms with van der Waals surface area (Å²) in [5.41, 5.74) is 1.03. The normalized spacial score (nSPS) is 16.8. The molecule has 1 fully saturated rings. The summed E-state index contributed by atoms with van der Waals surface area (Å²) in [6.07, 6.45) is 1.28. The van der Waals surface area contributed by atoms with Crippen molar-refractivity contribution in [1.82, 2.24) is 15.0 Å². The highest BCUT2D eigenvalue weighted by Gasteiger charge is 2.32. The van der Waals surface area contributed by atoms with Gasteiger partial charge in [-0.25, -0.2) is 13.2 Å². The molecule has 3 aromatic rings. The smallest absolute Gasteiger partial charge is 0.259 e. The number of hydrogen-bond donors (Lipinski definition) is 0. The fourth-order valence-electron chi connectivity index (χ4n) is 3.47. The number of nitrogens with zero attached hydrogens (tertiary/aromatic N) is 3. The fraction of sp³-hybridized carbons (Fsp3) is 0.286. The number of benzene rings is 2. The topological polar surface area (TPSA) is 59.2 Å². The molecule has 0 aliphatic carbocycles. The van der Waals surface area contributed by atoms with Gasteiger partial charge in [0.25, 0.3) is 5.91 Å². The Hall–Kier alpha value is -3.16. The molecule has 0 N–H and O–H groups in total. The maximum atomic E-state index is 14.0. The molecule has 1 saturated heterocycles. The number of aromatic nitrogens is 2. The summed E-state index contributed by atoms with van der Waals surface area (Å²) in [6, 6.07) is 9.06. The molecule has 29 heavy (non-hydrogen) atoms. The van der Waals surface area contributed by atoms with E-state index in [0.29, 0.717) is 37.2 Å². The molecule has 1 atom stereocenters. The van der Waals surface area contributed by atoms with Crippen LogP contribution in [0.4, 0.5) is 13.2 Å². The minimum absolute atomic E-state index is 0.157. The average molecular weight is 401 g/mol. The molecule has 2 heterocycles. The first kappa shape index (κ1) is 19.2. The first-order valence-electron chi connectivity index (χ1n) is 9.27. The van der Waals surface area contributed by atoms with Crippen molar-refractivity contribution in [1.29, 1.82) is 0 Å². The zero-order chi connectivity index (χ0) is 20.5. The third-order valence-electron chi connectivity index (χ3n) is 5.07. The van der Waals surface area contributed by atoms with E-state index >= 15 is 0 Å². The number of carbonyl (C=O) groups excluding carboxylic acids is 1. The molecule has 0 bridgehead atoms. The Labute approximate surface area is 165 Å². The van der Waals surface area contributed by atoms with E-state index in [2.05, 4.69) is 10.1 Å². The second-order valence-electron chi connectivity index (χ2n) is 7.13. The predicted molar refractivity (Wildman–Crippen MR) is 98.7 cm³/mol. The average Bonchev–Trinajstić information content (AvgIpc) is 3.22. The Balaban J connectivity index is 1.54. The quantitative estimate of drug-likeness (QED) is 0.607. The van der Waals surface area contributed by atoms with Crippen LogP contribution in [0.15, 0.2) is 40.9 Å². The number of amides is 1. The molecule has 0 spiro atoms. The van der Waals surface area contributed by atoms with Gasteiger partial charge in [-0.3, -0.25) is 4.79 Å². The highest BCUT2D eigenvalue weighted by molar-refractivity contribution is 5.95. The van der Waals surface area contributed by atoms with Gasteiger partial charge in [-0.1, -0.05) is 35.0 Å². The Bertz CT molecular complexity index is 1050. The molecule has 150 valence electrons. The van der Waals surface area contributed by atoms with Crippen molar-refractivity contribution in [2.75, 3.05) is 13.1 Å². The van der Waals surface area contributed by atoms with E-state index in [1.54, 1.807) is 0 Å². The van der Waals surface area contributed by atoms with Gasteiger partial charge in [-0.05, 0) is 31.9 Å². The van der Waals surface area contributed by atoms with Crippen LogP contribution < -0.4 is 0 Å². The molecule has 5 nitrogen and oxygen atoms in total. The second-order valence-corrected chi connectivity index (χ2v) is 7.13. The molecule has 2 aromatic carbocycles. The van der Waals surface area contributed by atoms with Crippen molar-refractivity contribution in [3.8, 4) is 11.4 Å². The molecular weight excluding hydrogens is 383 g/mol. The molecular formula is C21H18F3N3O2. The lowest BCUT2D eigenvalue weighted by Gasteiger charge is -2.31. The van der Waals surface area contributed by atoms with Gasteiger partial charge in [0.2, 0.25) is 11.7 Å². The van der Waals surface area contributed by atoms with Gasteiger partial charge < -0.3 is 9.42 Å². The van der Waals surface area contributed by atoms with Crippen LogP contribution in [0.1, 0.15) is 40.6 Å². The minimum atomic E-state index is -1.48. The van der Waals surface area contributed by atoms with Crippen molar-refractivity contribution in [2.45, 2.75) is 25.7 Å². The standard InChI is InChI=1S/C21H18F3N3O2/c1-12-4-6-13(7-5-12)19-25-20(29-26-19)14-3-2-10-27(11-14)21(28)17-15(22)8-9-16(23)18(17)24/h4-9,14H,2-3,10-11H2,1H3. The summed E-state index contributed by atoms with van der Waals surface area (Å²) in [5.74, 6) is -4.18. The van der Waals surface area contributed by atoms with Gasteiger partial charge in [-0.2, -0.15) is 4.98 Å². The highest BCUT2D eigenvalue weighted by Crippen LogP contribution is 2.29. The lowest BCUT2D eigenvalue weighted by molar-refractivity contribution is 0.0684. The van der Waals surface area contributed by atoms with Gasteiger partial charge in [0.05, 0.1) is 5.92 Å². The Morgan fingerprint density at radius 2 is 1.83 bits per heavy atom. The van der Waals surface area contributed by atoms with Crippen LogP contribution >= 0.6 is 0 Å². The molecule has 1 amide bonds. The SMILES string of the molecule is Cc1ccc(-c2noc(C3CCCN(C(=O)c4c(F)ccc(F)c4F)C3)n2)cc1. The summed E-state index contributed by atoms with van der Waals surface area (Å²) in [7, 11) is 0. The zero-order valence-electron chi connectivity index (χ0n) is 15.7. The van der Waals surface area contributed by atoms with Crippen LogP contribution in [-0.2, 0) is 0 Å². The second kappa shape index (κ2) is 7.69. The van der Waals surface area contributed by atoms with Crippen LogP contribution in [0.3, 0.4) is 0 Å². The first-order chi connectivity index (χ1) is 13.9. The monoisotopic (exact) mass is 401 g/mol. The lowest BCUT2D eigenvalue weighted by Crippen LogP contribution is -2.40. The minimum Gasteiger partial charge on any atom is -0.339 e. The van der Waals surface area contributed by atoms with Crippen molar-refractivity contribution in [3.63, 3.8) is 0 Å². The van der Waals surface area contributed by atoms with E-state index in [0.717, 1.165) is 17.2 Å².